The Morgan fingerprint density at radius 2 is 0.167 bits per heavy atom. The molecular formula is Mo3O9. The predicted molar refractivity (Wildman–Crippen MR) is 6.18 cm³/mol. The fourth-order valence-electron chi connectivity index (χ4n) is 0. The molecule has 0 aromatic carbocycles. The van der Waals surface area contributed by atoms with E-state index in [0.29, 0.717) is 0 Å². The number of hydrogen-bond donors (Lipinski definition) is 0. The Morgan fingerprint density at radius 3 is 0.167 bits per heavy atom. The van der Waals surface area contributed by atoms with Gasteiger partial charge >= 0.3 is 63.2 Å². The van der Waals surface area contributed by atoms with E-state index in [-0.39, 0.29) is 112 Å². The summed E-state index contributed by atoms with van der Waals surface area (Å²) < 4.78 is 0. The van der Waals surface area contributed by atoms with Gasteiger partial charge in [0.1, 0.15) is 0 Å². The molecule has 0 aliphatic heterocycles. The topological polar surface area (TPSA) is 256 Å². The van der Waals surface area contributed by atoms with Crippen LogP contribution in [0.5, 0.6) is 0 Å². The first-order chi connectivity index (χ1) is 0. The monoisotopic (exact) mass is 438 g/mol. The van der Waals surface area contributed by atoms with Gasteiger partial charge in [-0.15, -0.1) is 0 Å². The first-order valence-electron chi connectivity index (χ1n) is 0. The molecule has 12 heavy (non-hydrogen) atoms. The fraction of sp³-hybridized carbons (Fsp3) is 0. The van der Waals surface area contributed by atoms with Gasteiger partial charge in [-0.3, -0.25) is 0 Å². The summed E-state index contributed by atoms with van der Waals surface area (Å²) in [5.74, 6) is 0. The molecule has 0 aromatic heterocycles. The fourth-order valence-corrected chi connectivity index (χ4v) is 0. The smallest absolute Gasteiger partial charge is 2.00 e. The largest absolute Gasteiger partial charge is 6.00 e. The van der Waals surface area contributed by atoms with E-state index in [1.165, 1.54) is 0 Å². The van der Waals surface area contributed by atoms with Crippen molar-refractivity contribution in [3.8, 4) is 0 Å². The molecule has 0 aliphatic carbocycles. The minimum atomic E-state index is 0. The van der Waals surface area contributed by atoms with Crippen molar-refractivity contribution in [1.29, 1.82) is 0 Å². The van der Waals surface area contributed by atoms with E-state index < -0.39 is 0 Å². The van der Waals surface area contributed by atoms with Crippen molar-refractivity contribution in [2.75, 3.05) is 0 Å². The molecule has 0 heterocycles. The van der Waals surface area contributed by atoms with Gasteiger partial charge in [0.05, 0.1) is 0 Å². The molecule has 0 bridgehead atoms. The molecule has 0 aromatic rings. The Labute approximate surface area is 112 Å². The molecule has 0 spiro atoms. The maximum Gasteiger partial charge on any atom is 6.00 e. The summed E-state index contributed by atoms with van der Waals surface area (Å²) in [4.78, 5) is 0. The first-order valence-corrected chi connectivity index (χ1v) is 0. The second-order valence-corrected chi connectivity index (χ2v) is 0. The predicted octanol–water partition coefficient (Wildman–Crippen LogP) is -1.08. The Balaban J connectivity index is 0. The van der Waals surface area contributed by atoms with Crippen LogP contribution >= 0.6 is 0 Å². The van der Waals surface area contributed by atoms with Crippen LogP contribution in [0, 0.1) is 0 Å². The van der Waals surface area contributed by atoms with Crippen LogP contribution in [-0.4, -0.2) is 0 Å². The van der Waals surface area contributed by atoms with E-state index in [1.54, 1.807) is 0 Å². The van der Waals surface area contributed by atoms with Gasteiger partial charge in [-0.1, -0.05) is 0 Å². The number of hydrogen-bond acceptors (Lipinski definition) is 0. The summed E-state index contributed by atoms with van der Waals surface area (Å²) >= 11 is 0. The van der Waals surface area contributed by atoms with Crippen LogP contribution in [0.3, 0.4) is 0 Å². The Hall–Kier alpha value is 1.70. The zero-order valence-electron chi connectivity index (χ0n) is 4.90. The van der Waals surface area contributed by atoms with E-state index in [1.807, 2.05) is 0 Å². The summed E-state index contributed by atoms with van der Waals surface area (Å²) in [6, 6.07) is 0. The van der Waals surface area contributed by atoms with E-state index in [2.05, 4.69) is 0 Å². The van der Waals surface area contributed by atoms with Crippen LogP contribution in [0.1, 0.15) is 0 Å². The van der Waals surface area contributed by atoms with Gasteiger partial charge in [-0.2, -0.15) is 0 Å². The van der Waals surface area contributed by atoms with Crippen LogP contribution in [0.4, 0.5) is 0 Å². The van der Waals surface area contributed by atoms with Crippen molar-refractivity contribution in [2.45, 2.75) is 0 Å². The zero-order chi connectivity index (χ0) is 0. The third-order valence-corrected chi connectivity index (χ3v) is 0. The number of rotatable bonds is 0. The van der Waals surface area contributed by atoms with Crippen molar-refractivity contribution in [3.63, 3.8) is 0 Å². The van der Waals surface area contributed by atoms with Gasteiger partial charge in [0, 0.05) is 0 Å². The molecule has 0 saturated carbocycles. The molecule has 9 nitrogen and oxygen atoms in total. The van der Waals surface area contributed by atoms with Crippen molar-refractivity contribution in [2.24, 2.45) is 0 Å². The van der Waals surface area contributed by atoms with Gasteiger partial charge in [0.25, 0.3) is 0 Å². The van der Waals surface area contributed by atoms with Crippen molar-refractivity contribution < 1.29 is 112 Å². The molecule has 0 radical (unpaired) electrons. The summed E-state index contributed by atoms with van der Waals surface area (Å²) in [6.45, 7) is 0. The maximum atomic E-state index is 0. The van der Waals surface area contributed by atoms with Gasteiger partial charge in [0.2, 0.25) is 0 Å². The van der Waals surface area contributed by atoms with Crippen molar-refractivity contribution in [1.82, 2.24) is 0 Å². The molecule has 0 amide bonds. The van der Waals surface area contributed by atoms with Crippen LogP contribution in [-0.2, 0) is 112 Å². The summed E-state index contributed by atoms with van der Waals surface area (Å²) in [7, 11) is 0. The summed E-state index contributed by atoms with van der Waals surface area (Å²) in [6.07, 6.45) is 0. The Bertz CT molecular complexity index is 9.74. The minimum Gasteiger partial charge on any atom is -2.00 e. The van der Waals surface area contributed by atoms with Crippen LogP contribution in [0.25, 0.3) is 0 Å². The molecule has 0 N–H and O–H groups in total. The molecular weight excluding hydrogens is 432 g/mol. The summed E-state index contributed by atoms with van der Waals surface area (Å²) in [5, 5.41) is 0. The molecule has 72 valence electrons. The van der Waals surface area contributed by atoms with E-state index >= 15 is 0 Å². The van der Waals surface area contributed by atoms with Crippen molar-refractivity contribution >= 4 is 0 Å². The normalized spacial score (nSPS) is 0. The third kappa shape index (κ3) is 461. The summed E-state index contributed by atoms with van der Waals surface area (Å²) in [5.41, 5.74) is 0. The molecule has 0 fully saturated rings. The average Bonchev–Trinajstić information content (AvgIpc) is 0. The van der Waals surface area contributed by atoms with Gasteiger partial charge in [-0.05, 0) is 0 Å². The Morgan fingerprint density at radius 1 is 0.167 bits per heavy atom. The standard InChI is InChI=1S/3Mo.9O/q3*+6;9*-2. The zero-order valence-corrected chi connectivity index (χ0v) is 10.9. The average molecular weight is 432 g/mol. The molecule has 0 atom stereocenters. The molecule has 0 rings (SSSR count). The van der Waals surface area contributed by atoms with Gasteiger partial charge in [0.15, 0.2) is 0 Å². The first kappa shape index (κ1) is 761. The second-order valence-electron chi connectivity index (χ2n) is 0. The van der Waals surface area contributed by atoms with Gasteiger partial charge < -0.3 is 49.3 Å². The van der Waals surface area contributed by atoms with E-state index in [0.717, 1.165) is 0 Å². The quantitative estimate of drug-likeness (QED) is 0.414. The van der Waals surface area contributed by atoms with Crippen LogP contribution in [0.2, 0.25) is 0 Å². The molecule has 0 aliphatic rings. The van der Waals surface area contributed by atoms with E-state index in [4.69, 9.17) is 0 Å². The Kier molecular flexibility index (Phi) is 38000. The molecule has 12 heteroatoms. The van der Waals surface area contributed by atoms with Crippen LogP contribution < -0.4 is 0 Å². The third-order valence-electron chi connectivity index (χ3n) is 0. The SMILES string of the molecule is [Mo+6].[Mo+6].[Mo+6].[O-2].[O-2].[O-2].[O-2].[O-2].[O-2].[O-2].[O-2].[O-2]. The minimum absolute atomic E-state index is 0. The molecule has 0 saturated heterocycles. The molecule has 0 unspecified atom stereocenters. The van der Waals surface area contributed by atoms with Crippen molar-refractivity contribution in [3.05, 3.63) is 0 Å². The van der Waals surface area contributed by atoms with Crippen LogP contribution in [0.15, 0.2) is 0 Å². The van der Waals surface area contributed by atoms with Gasteiger partial charge in [-0.25, -0.2) is 0 Å². The second kappa shape index (κ2) is 599. The maximum absolute atomic E-state index is 0. The van der Waals surface area contributed by atoms with E-state index in [9.17, 15) is 0 Å².